The van der Waals surface area contributed by atoms with Crippen molar-refractivity contribution < 1.29 is 4.52 Å². The zero-order valence-electron chi connectivity index (χ0n) is 8.82. The van der Waals surface area contributed by atoms with Gasteiger partial charge in [-0.3, -0.25) is 0 Å². The molecule has 0 amide bonds. The molecule has 0 radical (unpaired) electrons. The number of nitrogens with two attached hydrogens (primary N) is 1. The maximum Gasteiger partial charge on any atom is 0.230 e. The van der Waals surface area contributed by atoms with E-state index in [2.05, 4.69) is 15.2 Å². The third-order valence-electron chi connectivity index (χ3n) is 2.46. The van der Waals surface area contributed by atoms with Gasteiger partial charge in [-0.2, -0.15) is 5.10 Å². The van der Waals surface area contributed by atoms with Crippen LogP contribution in [0.25, 0.3) is 16.8 Å². The molecular formula is C11H9N5O. The first-order valence-corrected chi connectivity index (χ1v) is 5.01. The Kier molecular flexibility index (Phi) is 2.11. The van der Waals surface area contributed by atoms with Crippen LogP contribution >= 0.6 is 0 Å². The van der Waals surface area contributed by atoms with E-state index in [0.717, 1.165) is 16.8 Å². The Morgan fingerprint density at radius 2 is 2.06 bits per heavy atom. The lowest BCUT2D eigenvalue weighted by molar-refractivity contribution is 0.436. The molecule has 6 nitrogen and oxygen atoms in total. The summed E-state index contributed by atoms with van der Waals surface area (Å²) in [6.45, 7) is 0. The van der Waals surface area contributed by atoms with Crippen molar-refractivity contribution in [2.45, 2.75) is 0 Å². The number of nitrogen functional groups attached to an aromatic ring is 1. The topological polar surface area (TPSA) is 82.8 Å². The molecule has 2 heterocycles. The average molecular weight is 227 g/mol. The molecule has 6 heteroatoms. The summed E-state index contributed by atoms with van der Waals surface area (Å²) in [7, 11) is 0. The van der Waals surface area contributed by atoms with E-state index in [1.807, 2.05) is 24.3 Å². The van der Waals surface area contributed by atoms with Crippen LogP contribution in [0.15, 0.2) is 47.6 Å². The van der Waals surface area contributed by atoms with Gasteiger partial charge in [0.05, 0.1) is 17.4 Å². The summed E-state index contributed by atoms with van der Waals surface area (Å²) in [5.41, 5.74) is 8.24. The summed E-state index contributed by atoms with van der Waals surface area (Å²) in [5, 5.41) is 7.78. The summed E-state index contributed by atoms with van der Waals surface area (Å²) in [6.07, 6.45) is 4.70. The minimum atomic E-state index is 0.289. The summed E-state index contributed by atoms with van der Waals surface area (Å²) < 4.78 is 6.54. The number of benzene rings is 1. The number of para-hydroxylation sites is 1. The van der Waals surface area contributed by atoms with Crippen molar-refractivity contribution in [2.75, 3.05) is 5.73 Å². The molecule has 0 saturated heterocycles. The zero-order chi connectivity index (χ0) is 11.7. The van der Waals surface area contributed by atoms with Gasteiger partial charge < -0.3 is 10.3 Å². The number of hydrogen-bond donors (Lipinski definition) is 1. The second-order valence-electron chi connectivity index (χ2n) is 3.46. The van der Waals surface area contributed by atoms with Gasteiger partial charge in [0.25, 0.3) is 0 Å². The Morgan fingerprint density at radius 1 is 1.18 bits per heavy atom. The quantitative estimate of drug-likeness (QED) is 0.717. The molecule has 0 spiro atoms. The smallest absolute Gasteiger partial charge is 0.230 e. The van der Waals surface area contributed by atoms with Crippen molar-refractivity contribution in [3.63, 3.8) is 0 Å². The van der Waals surface area contributed by atoms with Gasteiger partial charge in [-0.05, 0) is 6.07 Å². The van der Waals surface area contributed by atoms with Gasteiger partial charge in [0.2, 0.25) is 5.88 Å². The standard InChI is InChI=1S/C11H9N5O/c12-11-9(5-15-17-11)8-3-1-2-4-10(8)16-7-13-6-14-16/h1-7H,12H2. The fourth-order valence-corrected chi connectivity index (χ4v) is 1.68. The summed E-state index contributed by atoms with van der Waals surface area (Å²) in [6, 6.07) is 7.70. The highest BCUT2D eigenvalue weighted by Gasteiger charge is 2.12. The zero-order valence-corrected chi connectivity index (χ0v) is 8.82. The van der Waals surface area contributed by atoms with E-state index in [-0.39, 0.29) is 5.88 Å². The molecule has 0 aliphatic heterocycles. The second kappa shape index (κ2) is 3.75. The molecule has 3 rings (SSSR count). The Balaban J connectivity index is 2.22. The van der Waals surface area contributed by atoms with Crippen molar-refractivity contribution >= 4 is 5.88 Å². The molecular weight excluding hydrogens is 218 g/mol. The third kappa shape index (κ3) is 1.55. The maximum atomic E-state index is 5.72. The number of nitrogens with zero attached hydrogens (tertiary/aromatic N) is 4. The van der Waals surface area contributed by atoms with E-state index in [1.54, 1.807) is 17.2 Å². The minimum Gasteiger partial charge on any atom is -0.367 e. The fraction of sp³-hybridized carbons (Fsp3) is 0. The van der Waals surface area contributed by atoms with Crippen LogP contribution in [0, 0.1) is 0 Å². The fourth-order valence-electron chi connectivity index (χ4n) is 1.68. The van der Waals surface area contributed by atoms with Gasteiger partial charge >= 0.3 is 0 Å². The van der Waals surface area contributed by atoms with Gasteiger partial charge in [0.15, 0.2) is 0 Å². The van der Waals surface area contributed by atoms with Gasteiger partial charge in [-0.15, -0.1) is 0 Å². The first-order valence-electron chi connectivity index (χ1n) is 5.01. The molecule has 0 atom stereocenters. The van der Waals surface area contributed by atoms with Gasteiger partial charge in [-0.25, -0.2) is 9.67 Å². The lowest BCUT2D eigenvalue weighted by atomic mass is 10.1. The predicted octanol–water partition coefficient (Wildman–Crippen LogP) is 1.50. The Bertz CT molecular complexity index is 629. The van der Waals surface area contributed by atoms with E-state index in [4.69, 9.17) is 10.3 Å². The van der Waals surface area contributed by atoms with Crippen LogP contribution in [0.5, 0.6) is 0 Å². The number of hydrogen-bond acceptors (Lipinski definition) is 5. The van der Waals surface area contributed by atoms with Gasteiger partial charge in [0, 0.05) is 5.56 Å². The Morgan fingerprint density at radius 3 is 2.76 bits per heavy atom. The lowest BCUT2D eigenvalue weighted by Gasteiger charge is -2.06. The monoisotopic (exact) mass is 227 g/mol. The molecule has 3 aromatic rings. The molecule has 0 saturated carbocycles. The number of rotatable bonds is 2. The second-order valence-corrected chi connectivity index (χ2v) is 3.46. The number of aromatic nitrogens is 4. The molecule has 2 aromatic heterocycles. The third-order valence-corrected chi connectivity index (χ3v) is 2.46. The van der Waals surface area contributed by atoms with Crippen molar-refractivity contribution in [3.05, 3.63) is 43.1 Å². The first-order chi connectivity index (χ1) is 8.36. The van der Waals surface area contributed by atoms with Crippen molar-refractivity contribution in [2.24, 2.45) is 0 Å². The van der Waals surface area contributed by atoms with Crippen LogP contribution in [-0.2, 0) is 0 Å². The summed E-state index contributed by atoms with van der Waals surface area (Å²) >= 11 is 0. The van der Waals surface area contributed by atoms with E-state index in [1.165, 1.54) is 6.33 Å². The largest absolute Gasteiger partial charge is 0.367 e. The average Bonchev–Trinajstić information content (AvgIpc) is 3.00. The Labute approximate surface area is 96.7 Å². The van der Waals surface area contributed by atoms with E-state index in [0.29, 0.717) is 0 Å². The summed E-state index contributed by atoms with van der Waals surface area (Å²) in [5.74, 6) is 0.289. The molecule has 1 aromatic carbocycles. The van der Waals surface area contributed by atoms with Gasteiger partial charge in [-0.1, -0.05) is 23.4 Å². The van der Waals surface area contributed by atoms with Crippen LogP contribution in [-0.4, -0.2) is 19.9 Å². The van der Waals surface area contributed by atoms with Crippen molar-refractivity contribution in [1.82, 2.24) is 19.9 Å². The minimum absolute atomic E-state index is 0.289. The SMILES string of the molecule is Nc1oncc1-c1ccccc1-n1cncn1. The van der Waals surface area contributed by atoms with Crippen LogP contribution in [0.4, 0.5) is 5.88 Å². The van der Waals surface area contributed by atoms with Crippen LogP contribution < -0.4 is 5.73 Å². The molecule has 0 aliphatic rings. The van der Waals surface area contributed by atoms with Gasteiger partial charge in [0.1, 0.15) is 12.7 Å². The normalized spacial score (nSPS) is 10.6. The molecule has 17 heavy (non-hydrogen) atoms. The highest BCUT2D eigenvalue weighted by Crippen LogP contribution is 2.30. The van der Waals surface area contributed by atoms with E-state index < -0.39 is 0 Å². The van der Waals surface area contributed by atoms with Crippen LogP contribution in [0.1, 0.15) is 0 Å². The van der Waals surface area contributed by atoms with Crippen molar-refractivity contribution in [3.8, 4) is 16.8 Å². The van der Waals surface area contributed by atoms with Crippen molar-refractivity contribution in [1.29, 1.82) is 0 Å². The molecule has 0 unspecified atom stereocenters. The predicted molar refractivity (Wildman–Crippen MR) is 61.3 cm³/mol. The lowest BCUT2D eigenvalue weighted by Crippen LogP contribution is -1.97. The molecule has 2 N–H and O–H groups in total. The van der Waals surface area contributed by atoms with E-state index >= 15 is 0 Å². The highest BCUT2D eigenvalue weighted by molar-refractivity contribution is 5.78. The summed E-state index contributed by atoms with van der Waals surface area (Å²) in [4.78, 5) is 3.92. The molecule has 84 valence electrons. The molecule has 0 bridgehead atoms. The first kappa shape index (κ1) is 9.59. The highest BCUT2D eigenvalue weighted by atomic mass is 16.5. The number of anilines is 1. The maximum absolute atomic E-state index is 5.72. The van der Waals surface area contributed by atoms with Crippen LogP contribution in [0.2, 0.25) is 0 Å². The van der Waals surface area contributed by atoms with E-state index in [9.17, 15) is 0 Å². The Hall–Kier alpha value is -2.63. The molecule has 0 aliphatic carbocycles. The molecule has 0 fully saturated rings. The van der Waals surface area contributed by atoms with Crippen LogP contribution in [0.3, 0.4) is 0 Å².